The van der Waals surface area contributed by atoms with E-state index in [9.17, 15) is 19.3 Å². The van der Waals surface area contributed by atoms with Gasteiger partial charge in [-0.25, -0.2) is 13.9 Å². The van der Waals surface area contributed by atoms with Crippen molar-refractivity contribution >= 4 is 11.7 Å². The minimum absolute atomic E-state index is 0.0518. The number of aromatic carboxylic acids is 1. The molecule has 21 heavy (non-hydrogen) atoms. The van der Waals surface area contributed by atoms with Crippen molar-refractivity contribution in [1.82, 2.24) is 9.78 Å². The van der Waals surface area contributed by atoms with E-state index in [4.69, 9.17) is 10.2 Å². The zero-order valence-electron chi connectivity index (χ0n) is 10.6. The summed E-state index contributed by atoms with van der Waals surface area (Å²) in [7, 11) is 0. The number of non-ortho nitro benzene ring substituents is 1. The molecule has 0 saturated carbocycles. The van der Waals surface area contributed by atoms with Gasteiger partial charge in [-0.2, -0.15) is 5.10 Å². The molecule has 0 saturated heterocycles. The summed E-state index contributed by atoms with van der Waals surface area (Å²) in [6, 6.07) is 2.95. The van der Waals surface area contributed by atoms with Gasteiger partial charge in [0.25, 0.3) is 5.69 Å². The van der Waals surface area contributed by atoms with Crippen molar-refractivity contribution in [2.45, 2.75) is 6.42 Å². The molecule has 0 aliphatic rings. The highest BCUT2D eigenvalue weighted by Crippen LogP contribution is 2.21. The van der Waals surface area contributed by atoms with Crippen molar-refractivity contribution in [3.63, 3.8) is 0 Å². The van der Waals surface area contributed by atoms with Gasteiger partial charge in [-0.05, 0) is 12.5 Å². The van der Waals surface area contributed by atoms with Crippen molar-refractivity contribution in [1.29, 1.82) is 0 Å². The topological polar surface area (TPSA) is 118 Å². The highest BCUT2D eigenvalue weighted by atomic mass is 19.1. The van der Waals surface area contributed by atoms with Crippen molar-refractivity contribution in [2.75, 3.05) is 6.61 Å². The van der Waals surface area contributed by atoms with Crippen LogP contribution in [-0.2, 0) is 6.42 Å². The van der Waals surface area contributed by atoms with Gasteiger partial charge in [0.05, 0.1) is 11.0 Å². The first kappa shape index (κ1) is 14.6. The van der Waals surface area contributed by atoms with Crippen LogP contribution in [0.15, 0.2) is 24.4 Å². The summed E-state index contributed by atoms with van der Waals surface area (Å²) in [6.45, 7) is -0.283. The van der Waals surface area contributed by atoms with E-state index in [-0.39, 0.29) is 30.0 Å². The highest BCUT2D eigenvalue weighted by molar-refractivity contribution is 5.87. The monoisotopic (exact) mass is 295 g/mol. The molecule has 110 valence electrons. The summed E-state index contributed by atoms with van der Waals surface area (Å²) in [4.78, 5) is 20.8. The molecule has 0 unspecified atom stereocenters. The number of aromatic nitrogens is 2. The van der Waals surface area contributed by atoms with Crippen molar-refractivity contribution in [3.05, 3.63) is 51.6 Å². The summed E-state index contributed by atoms with van der Waals surface area (Å²) in [5, 5.41) is 32.2. The Kier molecular flexibility index (Phi) is 3.94. The molecular weight excluding hydrogens is 285 g/mol. The molecule has 1 heterocycles. The molecular formula is C12H10FN3O5. The molecule has 1 aromatic heterocycles. The van der Waals surface area contributed by atoms with E-state index < -0.39 is 22.4 Å². The van der Waals surface area contributed by atoms with Gasteiger partial charge in [-0.1, -0.05) is 0 Å². The average molecular weight is 295 g/mol. The normalized spacial score (nSPS) is 10.6. The third-order valence-electron chi connectivity index (χ3n) is 2.76. The molecule has 0 amide bonds. The number of carboxylic acids is 1. The van der Waals surface area contributed by atoms with Crippen LogP contribution in [0.25, 0.3) is 5.69 Å². The molecule has 0 radical (unpaired) electrons. The number of rotatable bonds is 5. The van der Waals surface area contributed by atoms with Gasteiger partial charge in [0.15, 0.2) is 11.5 Å². The lowest BCUT2D eigenvalue weighted by Gasteiger charge is -2.02. The number of hydrogen-bond donors (Lipinski definition) is 2. The second-order valence-corrected chi connectivity index (χ2v) is 4.12. The Balaban J connectivity index is 2.49. The van der Waals surface area contributed by atoms with E-state index in [0.717, 1.165) is 22.9 Å². The Morgan fingerprint density at radius 3 is 2.71 bits per heavy atom. The van der Waals surface area contributed by atoms with E-state index in [1.165, 1.54) is 6.20 Å². The number of halogens is 1. The lowest BCUT2D eigenvalue weighted by Crippen LogP contribution is -2.04. The van der Waals surface area contributed by atoms with Crippen LogP contribution in [-0.4, -0.2) is 37.5 Å². The number of hydrogen-bond acceptors (Lipinski definition) is 5. The van der Waals surface area contributed by atoms with Gasteiger partial charge >= 0.3 is 5.97 Å². The predicted octanol–water partition coefficient (Wildman–Crippen LogP) is 1.15. The summed E-state index contributed by atoms with van der Waals surface area (Å²) < 4.78 is 14.8. The van der Waals surface area contributed by atoms with Crippen LogP contribution in [0.2, 0.25) is 0 Å². The SMILES string of the molecule is O=C(O)c1nn(-c2ccc([N+](=O)[O-])cc2F)cc1CCO. The molecule has 2 aromatic rings. The first-order valence-corrected chi connectivity index (χ1v) is 5.81. The standard InChI is InChI=1S/C12H10FN3O5/c13-9-5-8(16(20)21)1-2-10(9)15-6-7(3-4-17)11(14-15)12(18)19/h1-2,5-6,17H,3-4H2,(H,18,19). The van der Waals surface area contributed by atoms with Crippen molar-refractivity contribution in [3.8, 4) is 5.69 Å². The number of aliphatic hydroxyl groups excluding tert-OH is 1. The molecule has 0 aliphatic carbocycles. The maximum atomic E-state index is 13.9. The predicted molar refractivity (Wildman–Crippen MR) is 67.9 cm³/mol. The fourth-order valence-electron chi connectivity index (χ4n) is 1.81. The smallest absolute Gasteiger partial charge is 0.356 e. The number of nitrogens with zero attached hydrogens (tertiary/aromatic N) is 3. The van der Waals surface area contributed by atoms with E-state index >= 15 is 0 Å². The maximum Gasteiger partial charge on any atom is 0.356 e. The zero-order chi connectivity index (χ0) is 15.6. The molecule has 1 aromatic carbocycles. The quantitative estimate of drug-likeness (QED) is 0.631. The molecule has 8 nitrogen and oxygen atoms in total. The van der Waals surface area contributed by atoms with E-state index in [1.807, 2.05) is 0 Å². The lowest BCUT2D eigenvalue weighted by molar-refractivity contribution is -0.385. The Morgan fingerprint density at radius 2 is 2.19 bits per heavy atom. The third kappa shape index (κ3) is 2.87. The molecule has 2 N–H and O–H groups in total. The molecule has 0 atom stereocenters. The number of carboxylic acid groups (broad SMARTS) is 1. The maximum absolute atomic E-state index is 13.9. The van der Waals surface area contributed by atoms with Crippen LogP contribution in [0.5, 0.6) is 0 Å². The Morgan fingerprint density at radius 1 is 1.48 bits per heavy atom. The minimum atomic E-state index is -1.31. The van der Waals surface area contributed by atoms with E-state index in [0.29, 0.717) is 0 Å². The second kappa shape index (κ2) is 5.67. The number of aliphatic hydroxyl groups is 1. The van der Waals surface area contributed by atoms with Gasteiger partial charge in [-0.15, -0.1) is 0 Å². The fraction of sp³-hybridized carbons (Fsp3) is 0.167. The van der Waals surface area contributed by atoms with Crippen LogP contribution in [0, 0.1) is 15.9 Å². The first-order valence-electron chi connectivity index (χ1n) is 5.81. The van der Waals surface area contributed by atoms with Crippen LogP contribution in [0.3, 0.4) is 0 Å². The molecule has 0 spiro atoms. The number of carbonyl (C=O) groups is 1. The number of nitro benzene ring substituents is 1. The molecule has 0 bridgehead atoms. The Bertz CT molecular complexity index is 713. The van der Waals surface area contributed by atoms with E-state index in [1.54, 1.807) is 0 Å². The lowest BCUT2D eigenvalue weighted by atomic mass is 10.2. The van der Waals surface area contributed by atoms with Crippen molar-refractivity contribution < 1.29 is 24.3 Å². The minimum Gasteiger partial charge on any atom is -0.476 e. The molecule has 0 fully saturated rings. The van der Waals surface area contributed by atoms with Crippen molar-refractivity contribution in [2.24, 2.45) is 0 Å². The van der Waals surface area contributed by atoms with Gasteiger partial charge in [0, 0.05) is 24.4 Å². The molecule has 0 aliphatic heterocycles. The van der Waals surface area contributed by atoms with Gasteiger partial charge in [0.2, 0.25) is 0 Å². The van der Waals surface area contributed by atoms with Crippen LogP contribution >= 0.6 is 0 Å². The molecule has 2 rings (SSSR count). The highest BCUT2D eigenvalue weighted by Gasteiger charge is 2.18. The fourth-order valence-corrected chi connectivity index (χ4v) is 1.81. The summed E-state index contributed by atoms with van der Waals surface area (Å²) in [5.41, 5.74) is -0.603. The number of benzene rings is 1. The largest absolute Gasteiger partial charge is 0.476 e. The Labute approximate surface area is 117 Å². The van der Waals surface area contributed by atoms with Crippen LogP contribution < -0.4 is 0 Å². The summed E-state index contributed by atoms with van der Waals surface area (Å²) in [6.07, 6.45) is 1.32. The first-order chi connectivity index (χ1) is 9.93. The molecule has 9 heteroatoms. The van der Waals surface area contributed by atoms with E-state index in [2.05, 4.69) is 5.10 Å². The third-order valence-corrected chi connectivity index (χ3v) is 2.76. The van der Waals surface area contributed by atoms with Gasteiger partial charge < -0.3 is 10.2 Å². The van der Waals surface area contributed by atoms with Crippen LogP contribution in [0.1, 0.15) is 16.1 Å². The zero-order valence-corrected chi connectivity index (χ0v) is 10.6. The average Bonchev–Trinajstić information content (AvgIpc) is 2.83. The van der Waals surface area contributed by atoms with Crippen LogP contribution in [0.4, 0.5) is 10.1 Å². The number of nitro groups is 1. The summed E-state index contributed by atoms with van der Waals surface area (Å²) in [5.74, 6) is -2.21. The summed E-state index contributed by atoms with van der Waals surface area (Å²) >= 11 is 0. The Hall–Kier alpha value is -2.81. The second-order valence-electron chi connectivity index (χ2n) is 4.12. The van der Waals surface area contributed by atoms with Gasteiger partial charge in [0.1, 0.15) is 5.69 Å². The van der Waals surface area contributed by atoms with Gasteiger partial charge in [-0.3, -0.25) is 10.1 Å².